The molecule has 0 aliphatic rings. The van der Waals surface area contributed by atoms with E-state index in [1.54, 1.807) is 12.1 Å². The Labute approximate surface area is 146 Å². The fourth-order valence-corrected chi connectivity index (χ4v) is 2.30. The minimum absolute atomic E-state index is 0.0816. The van der Waals surface area contributed by atoms with Crippen LogP contribution in [0, 0.1) is 10.1 Å². The molecule has 0 heterocycles. The molecule has 6 nitrogen and oxygen atoms in total. The summed E-state index contributed by atoms with van der Waals surface area (Å²) in [5.74, 6) is 0. The predicted molar refractivity (Wildman–Crippen MR) is 102 cm³/mol. The Hall–Kier alpha value is -2.67. The fraction of sp³-hybridized carbons (Fsp3) is 0.235. The van der Waals surface area contributed by atoms with Gasteiger partial charge in [-0.25, -0.2) is 0 Å². The first-order valence-electron chi connectivity index (χ1n) is 7.70. The summed E-state index contributed by atoms with van der Waals surface area (Å²) in [4.78, 5) is 10.2. The van der Waals surface area contributed by atoms with Crippen molar-refractivity contribution in [1.82, 2.24) is 5.32 Å². The fourth-order valence-electron chi connectivity index (χ4n) is 2.08. The van der Waals surface area contributed by atoms with E-state index < -0.39 is 4.92 Å². The molecule has 126 valence electrons. The standard InChI is InChI=1S/C17H20N4O2S/c1-2-13-3-5-15(6-4-13)20-17(24)19-12-11-18-14-7-9-16(10-8-14)21(22)23/h3-10,18H,2,11-12H2,1H3,(H2,19,20,24). The highest BCUT2D eigenvalue weighted by molar-refractivity contribution is 7.80. The van der Waals surface area contributed by atoms with Crippen LogP contribution in [0.1, 0.15) is 12.5 Å². The molecule has 0 saturated carbocycles. The maximum absolute atomic E-state index is 10.6. The number of nitro groups is 1. The Morgan fingerprint density at radius 2 is 1.67 bits per heavy atom. The number of anilines is 2. The second-order valence-corrected chi connectivity index (χ2v) is 5.57. The average Bonchev–Trinajstić information content (AvgIpc) is 2.60. The zero-order valence-electron chi connectivity index (χ0n) is 13.4. The molecule has 7 heteroatoms. The van der Waals surface area contributed by atoms with Gasteiger partial charge in [0.05, 0.1) is 4.92 Å². The van der Waals surface area contributed by atoms with Crippen LogP contribution in [0.2, 0.25) is 0 Å². The molecule has 2 rings (SSSR count). The van der Waals surface area contributed by atoms with E-state index >= 15 is 0 Å². The molecule has 0 aliphatic heterocycles. The number of benzene rings is 2. The first kappa shape index (κ1) is 17.7. The van der Waals surface area contributed by atoms with Crippen molar-refractivity contribution < 1.29 is 4.92 Å². The zero-order chi connectivity index (χ0) is 17.4. The van der Waals surface area contributed by atoms with E-state index in [1.807, 2.05) is 12.1 Å². The van der Waals surface area contributed by atoms with Crippen molar-refractivity contribution in [2.45, 2.75) is 13.3 Å². The largest absolute Gasteiger partial charge is 0.383 e. The minimum Gasteiger partial charge on any atom is -0.383 e. The molecular formula is C17H20N4O2S. The van der Waals surface area contributed by atoms with Crippen LogP contribution in [0.5, 0.6) is 0 Å². The van der Waals surface area contributed by atoms with Gasteiger partial charge in [-0.1, -0.05) is 19.1 Å². The van der Waals surface area contributed by atoms with Crippen LogP contribution in [0.3, 0.4) is 0 Å². The third kappa shape index (κ3) is 5.51. The molecular weight excluding hydrogens is 324 g/mol. The summed E-state index contributed by atoms with van der Waals surface area (Å²) < 4.78 is 0. The van der Waals surface area contributed by atoms with Gasteiger partial charge in [-0.3, -0.25) is 10.1 Å². The van der Waals surface area contributed by atoms with E-state index in [2.05, 4.69) is 35.0 Å². The number of nitrogens with zero attached hydrogens (tertiary/aromatic N) is 1. The van der Waals surface area contributed by atoms with E-state index in [0.717, 1.165) is 17.8 Å². The summed E-state index contributed by atoms with van der Waals surface area (Å²) in [6.07, 6.45) is 1.01. The van der Waals surface area contributed by atoms with Crippen molar-refractivity contribution in [1.29, 1.82) is 0 Å². The van der Waals surface area contributed by atoms with Crippen molar-refractivity contribution in [2.24, 2.45) is 0 Å². The number of non-ortho nitro benzene ring substituents is 1. The van der Waals surface area contributed by atoms with Crippen LogP contribution < -0.4 is 16.0 Å². The summed E-state index contributed by atoms with van der Waals surface area (Å²) in [6, 6.07) is 14.5. The Balaban J connectivity index is 1.69. The monoisotopic (exact) mass is 344 g/mol. The summed E-state index contributed by atoms with van der Waals surface area (Å²) in [7, 11) is 0. The number of nitrogens with one attached hydrogen (secondary N) is 3. The Kier molecular flexibility index (Phi) is 6.51. The number of rotatable bonds is 7. The molecule has 0 spiro atoms. The first-order chi connectivity index (χ1) is 11.6. The van der Waals surface area contributed by atoms with E-state index in [1.165, 1.54) is 17.7 Å². The van der Waals surface area contributed by atoms with Gasteiger partial charge < -0.3 is 16.0 Å². The SMILES string of the molecule is CCc1ccc(NC(=S)NCCNc2ccc([N+](=O)[O-])cc2)cc1. The summed E-state index contributed by atoms with van der Waals surface area (Å²) >= 11 is 5.25. The first-order valence-corrected chi connectivity index (χ1v) is 8.11. The lowest BCUT2D eigenvalue weighted by molar-refractivity contribution is -0.384. The Bertz CT molecular complexity index is 687. The molecule has 0 amide bonds. The maximum atomic E-state index is 10.6. The molecule has 24 heavy (non-hydrogen) atoms. The van der Waals surface area contributed by atoms with Crippen molar-refractivity contribution >= 4 is 34.4 Å². The molecule has 0 aliphatic carbocycles. The molecule has 0 atom stereocenters. The molecule has 0 radical (unpaired) electrons. The van der Waals surface area contributed by atoms with Crippen LogP contribution >= 0.6 is 12.2 Å². The predicted octanol–water partition coefficient (Wildman–Crippen LogP) is 3.56. The number of hydrogen-bond donors (Lipinski definition) is 3. The lowest BCUT2D eigenvalue weighted by atomic mass is 10.1. The van der Waals surface area contributed by atoms with Gasteiger partial charge >= 0.3 is 0 Å². The number of hydrogen-bond acceptors (Lipinski definition) is 4. The quantitative estimate of drug-likeness (QED) is 0.308. The Morgan fingerprint density at radius 1 is 1.04 bits per heavy atom. The lowest BCUT2D eigenvalue weighted by Gasteiger charge is -2.12. The second kappa shape index (κ2) is 8.83. The Morgan fingerprint density at radius 3 is 2.25 bits per heavy atom. The highest BCUT2D eigenvalue weighted by atomic mass is 32.1. The van der Waals surface area contributed by atoms with Crippen molar-refractivity contribution in [3.05, 3.63) is 64.2 Å². The van der Waals surface area contributed by atoms with Gasteiger partial charge in [-0.2, -0.15) is 0 Å². The van der Waals surface area contributed by atoms with E-state index in [0.29, 0.717) is 18.2 Å². The van der Waals surface area contributed by atoms with Crippen LogP contribution in [0.25, 0.3) is 0 Å². The van der Waals surface area contributed by atoms with E-state index in [-0.39, 0.29) is 5.69 Å². The van der Waals surface area contributed by atoms with Crippen molar-refractivity contribution in [2.75, 3.05) is 23.7 Å². The molecule has 2 aromatic rings. The van der Waals surface area contributed by atoms with Gasteiger partial charge in [-0.15, -0.1) is 0 Å². The van der Waals surface area contributed by atoms with E-state index in [4.69, 9.17) is 12.2 Å². The maximum Gasteiger partial charge on any atom is 0.269 e. The molecule has 0 bridgehead atoms. The summed E-state index contributed by atoms with van der Waals surface area (Å²) in [5, 5.41) is 20.6. The third-order valence-corrected chi connectivity index (χ3v) is 3.68. The molecule has 3 N–H and O–H groups in total. The number of thiocarbonyl (C=S) groups is 1. The van der Waals surface area contributed by atoms with E-state index in [9.17, 15) is 10.1 Å². The average molecular weight is 344 g/mol. The highest BCUT2D eigenvalue weighted by Crippen LogP contribution is 2.15. The number of aryl methyl sites for hydroxylation is 1. The van der Waals surface area contributed by atoms with Crippen LogP contribution in [-0.2, 0) is 6.42 Å². The molecule has 0 unspecified atom stereocenters. The molecule has 0 aromatic heterocycles. The minimum atomic E-state index is -0.414. The molecule has 2 aromatic carbocycles. The number of nitro benzene ring substituents is 1. The van der Waals surface area contributed by atoms with Gasteiger partial charge in [0.15, 0.2) is 5.11 Å². The van der Waals surface area contributed by atoms with Gasteiger partial charge in [0, 0.05) is 36.6 Å². The van der Waals surface area contributed by atoms with Crippen LogP contribution in [0.4, 0.5) is 17.1 Å². The third-order valence-electron chi connectivity index (χ3n) is 3.44. The summed E-state index contributed by atoms with van der Waals surface area (Å²) in [5.41, 5.74) is 3.15. The molecule has 0 saturated heterocycles. The molecule has 0 fully saturated rings. The highest BCUT2D eigenvalue weighted by Gasteiger charge is 2.03. The van der Waals surface area contributed by atoms with Gasteiger partial charge in [0.2, 0.25) is 0 Å². The zero-order valence-corrected chi connectivity index (χ0v) is 14.2. The van der Waals surface area contributed by atoms with Crippen molar-refractivity contribution in [3.63, 3.8) is 0 Å². The lowest BCUT2D eigenvalue weighted by Crippen LogP contribution is -2.32. The second-order valence-electron chi connectivity index (χ2n) is 5.16. The summed E-state index contributed by atoms with van der Waals surface area (Å²) in [6.45, 7) is 3.40. The van der Waals surface area contributed by atoms with Gasteiger partial charge in [0.1, 0.15) is 0 Å². The van der Waals surface area contributed by atoms with Crippen LogP contribution in [0.15, 0.2) is 48.5 Å². The normalized spacial score (nSPS) is 10.0. The topological polar surface area (TPSA) is 79.2 Å². The van der Waals surface area contributed by atoms with Crippen LogP contribution in [-0.4, -0.2) is 23.1 Å². The van der Waals surface area contributed by atoms with Gasteiger partial charge in [-0.05, 0) is 48.5 Å². The van der Waals surface area contributed by atoms with Gasteiger partial charge in [0.25, 0.3) is 5.69 Å². The van der Waals surface area contributed by atoms with Crippen molar-refractivity contribution in [3.8, 4) is 0 Å². The smallest absolute Gasteiger partial charge is 0.269 e.